The number of hydrogen-bond acceptors (Lipinski definition) is 2. The van der Waals surface area contributed by atoms with E-state index in [1.54, 1.807) is 0 Å². The maximum atomic E-state index is 13.4. The fourth-order valence-electron chi connectivity index (χ4n) is 1.30. The van der Waals surface area contributed by atoms with Gasteiger partial charge in [0.2, 0.25) is 0 Å². The number of benzene rings is 1. The molecule has 0 heterocycles. The first-order valence-corrected chi connectivity index (χ1v) is 4.38. The summed E-state index contributed by atoms with van der Waals surface area (Å²) in [5.74, 6) is -1.31. The monoisotopic (exact) mass is 202 g/mol. The molecule has 0 unspecified atom stereocenters. The third-order valence-corrected chi connectivity index (χ3v) is 2.01. The smallest absolute Gasteiger partial charge is 0.132 e. The van der Waals surface area contributed by atoms with Gasteiger partial charge in [0.25, 0.3) is 0 Å². The van der Waals surface area contributed by atoms with Gasteiger partial charge in [-0.25, -0.2) is 8.78 Å². The molecule has 1 rings (SSSR count). The topological polar surface area (TPSA) is 40.5 Å². The number of aliphatic hydroxyl groups excluding tert-OH is 2. The van der Waals surface area contributed by atoms with Gasteiger partial charge in [0.1, 0.15) is 11.6 Å². The Morgan fingerprint density at radius 1 is 1.00 bits per heavy atom. The van der Waals surface area contributed by atoms with Crippen LogP contribution in [-0.2, 0) is 12.8 Å². The van der Waals surface area contributed by atoms with Crippen molar-refractivity contribution in [2.24, 2.45) is 0 Å². The predicted octanol–water partition coefficient (Wildman–Crippen LogP) is 1.03. The van der Waals surface area contributed by atoms with E-state index in [2.05, 4.69) is 0 Å². The van der Waals surface area contributed by atoms with Crippen molar-refractivity contribution in [1.29, 1.82) is 0 Å². The lowest BCUT2D eigenvalue weighted by molar-refractivity contribution is 0.292. The molecule has 2 N–H and O–H groups in total. The van der Waals surface area contributed by atoms with Crippen LogP contribution in [0.4, 0.5) is 8.78 Å². The fourth-order valence-corrected chi connectivity index (χ4v) is 1.30. The maximum absolute atomic E-state index is 13.4. The van der Waals surface area contributed by atoms with Crippen LogP contribution in [0.5, 0.6) is 0 Å². The normalized spacial score (nSPS) is 10.6. The van der Waals surface area contributed by atoms with Gasteiger partial charge in [0.05, 0.1) is 0 Å². The molecule has 4 heteroatoms. The van der Waals surface area contributed by atoms with Gasteiger partial charge in [0.15, 0.2) is 0 Å². The lowest BCUT2D eigenvalue weighted by Crippen LogP contribution is -2.04. The van der Waals surface area contributed by atoms with Crippen LogP contribution in [0.2, 0.25) is 0 Å². The van der Waals surface area contributed by atoms with Crippen LogP contribution in [0.15, 0.2) is 12.1 Å². The second-order valence-corrected chi connectivity index (χ2v) is 2.95. The molecule has 0 radical (unpaired) electrons. The molecule has 1 aromatic rings. The van der Waals surface area contributed by atoms with Gasteiger partial charge in [-0.1, -0.05) is 6.07 Å². The van der Waals surface area contributed by atoms with E-state index in [4.69, 9.17) is 10.2 Å². The van der Waals surface area contributed by atoms with Gasteiger partial charge in [0, 0.05) is 25.2 Å². The Labute approximate surface area is 80.8 Å². The van der Waals surface area contributed by atoms with Crippen molar-refractivity contribution in [3.63, 3.8) is 0 Å². The first-order valence-electron chi connectivity index (χ1n) is 4.38. The van der Waals surface area contributed by atoms with Crippen LogP contribution >= 0.6 is 0 Å². The fraction of sp³-hybridized carbons (Fsp3) is 0.400. The van der Waals surface area contributed by atoms with Crippen LogP contribution in [0.25, 0.3) is 0 Å². The molecule has 0 saturated carbocycles. The zero-order valence-corrected chi connectivity index (χ0v) is 7.63. The van der Waals surface area contributed by atoms with E-state index in [1.807, 2.05) is 0 Å². The molecular weight excluding hydrogens is 190 g/mol. The SMILES string of the molecule is OCCc1ccc(F)c(CCO)c1F. The number of aliphatic hydroxyl groups is 2. The first kappa shape index (κ1) is 11.1. The minimum absolute atomic E-state index is 0.0447. The molecule has 0 amide bonds. The molecule has 0 fully saturated rings. The minimum atomic E-state index is -0.659. The minimum Gasteiger partial charge on any atom is -0.396 e. The second-order valence-electron chi connectivity index (χ2n) is 2.95. The van der Waals surface area contributed by atoms with E-state index < -0.39 is 11.6 Å². The van der Waals surface area contributed by atoms with Gasteiger partial charge >= 0.3 is 0 Å². The van der Waals surface area contributed by atoms with E-state index in [1.165, 1.54) is 6.07 Å². The molecule has 0 bridgehead atoms. The highest BCUT2D eigenvalue weighted by molar-refractivity contribution is 5.28. The number of hydrogen-bond donors (Lipinski definition) is 2. The molecule has 0 aliphatic rings. The molecule has 2 nitrogen and oxygen atoms in total. The second kappa shape index (κ2) is 5.02. The van der Waals surface area contributed by atoms with Gasteiger partial charge in [-0.05, 0) is 18.1 Å². The molecule has 0 aliphatic carbocycles. The summed E-state index contributed by atoms with van der Waals surface area (Å²) in [5.41, 5.74) is 0.163. The number of halogens is 2. The molecule has 0 spiro atoms. The van der Waals surface area contributed by atoms with E-state index in [9.17, 15) is 8.78 Å². The van der Waals surface area contributed by atoms with Gasteiger partial charge < -0.3 is 10.2 Å². The Hall–Kier alpha value is -1.00. The molecule has 14 heavy (non-hydrogen) atoms. The lowest BCUT2D eigenvalue weighted by Gasteiger charge is -2.07. The largest absolute Gasteiger partial charge is 0.396 e. The van der Waals surface area contributed by atoms with Crippen LogP contribution in [0.3, 0.4) is 0 Å². The summed E-state index contributed by atoms with van der Waals surface area (Å²) in [6.45, 7) is -0.475. The average molecular weight is 202 g/mol. The van der Waals surface area contributed by atoms with Crippen LogP contribution < -0.4 is 0 Å². The molecule has 0 aromatic heterocycles. The summed E-state index contributed by atoms with van der Waals surface area (Å²) in [5, 5.41) is 17.2. The molecular formula is C10H12F2O2. The molecule has 0 aliphatic heterocycles. The Morgan fingerprint density at radius 2 is 1.64 bits per heavy atom. The average Bonchev–Trinajstić information content (AvgIpc) is 2.17. The Balaban J connectivity index is 3.05. The third-order valence-electron chi connectivity index (χ3n) is 2.01. The van der Waals surface area contributed by atoms with Crippen molar-refractivity contribution in [3.05, 3.63) is 34.9 Å². The predicted molar refractivity (Wildman–Crippen MR) is 47.9 cm³/mol. The van der Waals surface area contributed by atoms with Gasteiger partial charge in [-0.15, -0.1) is 0 Å². The van der Waals surface area contributed by atoms with Crippen molar-refractivity contribution in [3.8, 4) is 0 Å². The molecule has 0 saturated heterocycles. The summed E-state index contributed by atoms with van der Waals surface area (Å²) in [7, 11) is 0. The number of rotatable bonds is 4. The third kappa shape index (κ3) is 2.27. The van der Waals surface area contributed by atoms with E-state index in [0.717, 1.165) is 6.07 Å². The molecule has 1 aromatic carbocycles. The zero-order chi connectivity index (χ0) is 10.6. The van der Waals surface area contributed by atoms with Crippen LogP contribution in [0.1, 0.15) is 11.1 Å². The van der Waals surface area contributed by atoms with E-state index in [0.29, 0.717) is 0 Å². The van der Waals surface area contributed by atoms with Gasteiger partial charge in [-0.2, -0.15) is 0 Å². The standard InChI is InChI=1S/C10H12F2O2/c11-9-2-1-7(3-5-13)10(12)8(9)4-6-14/h1-2,13-14H,3-6H2. The van der Waals surface area contributed by atoms with Crippen LogP contribution in [-0.4, -0.2) is 23.4 Å². The van der Waals surface area contributed by atoms with E-state index >= 15 is 0 Å². The summed E-state index contributed by atoms with van der Waals surface area (Å²) in [6.07, 6.45) is 0.113. The summed E-state index contributed by atoms with van der Waals surface area (Å²) >= 11 is 0. The first-order chi connectivity index (χ1) is 6.70. The van der Waals surface area contributed by atoms with Crippen molar-refractivity contribution in [1.82, 2.24) is 0 Å². The van der Waals surface area contributed by atoms with E-state index in [-0.39, 0.29) is 37.2 Å². The van der Waals surface area contributed by atoms with Crippen molar-refractivity contribution in [2.45, 2.75) is 12.8 Å². The van der Waals surface area contributed by atoms with Crippen molar-refractivity contribution in [2.75, 3.05) is 13.2 Å². The highest BCUT2D eigenvalue weighted by Gasteiger charge is 2.12. The Kier molecular flexibility index (Phi) is 3.98. The van der Waals surface area contributed by atoms with Crippen LogP contribution in [0, 0.1) is 11.6 Å². The Morgan fingerprint density at radius 3 is 2.21 bits per heavy atom. The Bertz CT molecular complexity index is 313. The van der Waals surface area contributed by atoms with Crippen molar-refractivity contribution < 1.29 is 19.0 Å². The molecule has 0 atom stereocenters. The quantitative estimate of drug-likeness (QED) is 0.765. The lowest BCUT2D eigenvalue weighted by atomic mass is 10.0. The highest BCUT2D eigenvalue weighted by atomic mass is 19.1. The summed E-state index contributed by atoms with van der Waals surface area (Å²) < 4.78 is 26.5. The van der Waals surface area contributed by atoms with Gasteiger partial charge in [-0.3, -0.25) is 0 Å². The zero-order valence-electron chi connectivity index (χ0n) is 7.63. The summed E-state index contributed by atoms with van der Waals surface area (Å²) in [4.78, 5) is 0. The highest BCUT2D eigenvalue weighted by Crippen LogP contribution is 2.17. The summed E-state index contributed by atoms with van der Waals surface area (Å²) in [6, 6.07) is 2.46. The van der Waals surface area contributed by atoms with Crippen molar-refractivity contribution >= 4 is 0 Å². The molecule has 78 valence electrons. The maximum Gasteiger partial charge on any atom is 0.132 e.